The van der Waals surface area contributed by atoms with Crippen molar-refractivity contribution in [2.45, 2.75) is 13.0 Å². The van der Waals surface area contributed by atoms with Crippen molar-refractivity contribution in [3.63, 3.8) is 0 Å². The molecule has 1 aliphatic rings. The number of aromatic nitrogens is 2. The number of amides is 1. The second kappa shape index (κ2) is 7.56. The fourth-order valence-corrected chi connectivity index (χ4v) is 3.37. The fourth-order valence-electron chi connectivity index (χ4n) is 3.20. The normalized spacial score (nSPS) is 13.2. The second-order valence-corrected chi connectivity index (χ2v) is 6.93. The number of hydrogen-bond donors (Lipinski definition) is 0. The predicted molar refractivity (Wildman–Crippen MR) is 104 cm³/mol. The Morgan fingerprint density at radius 3 is 2.75 bits per heavy atom. The number of benzene rings is 2. The fraction of sp³-hybridized carbons (Fsp3) is 0.190. The maximum absolute atomic E-state index is 14.0. The number of halogens is 2. The Kier molecular flexibility index (Phi) is 4.96. The largest absolute Gasteiger partial charge is 0.497 e. The zero-order valence-electron chi connectivity index (χ0n) is 15.2. The van der Waals surface area contributed by atoms with Crippen molar-refractivity contribution < 1.29 is 13.9 Å². The summed E-state index contributed by atoms with van der Waals surface area (Å²) in [6.45, 7) is 0.792. The first-order chi connectivity index (χ1) is 13.5. The maximum Gasteiger partial charge on any atom is 0.257 e. The van der Waals surface area contributed by atoms with Crippen LogP contribution >= 0.6 is 11.6 Å². The molecule has 28 heavy (non-hydrogen) atoms. The first kappa shape index (κ1) is 18.4. The molecule has 0 unspecified atom stereocenters. The number of hydrogen-bond acceptors (Lipinski definition) is 4. The molecule has 7 heteroatoms. The summed E-state index contributed by atoms with van der Waals surface area (Å²) in [5, 5.41) is 0.328. The summed E-state index contributed by atoms with van der Waals surface area (Å²) in [7, 11) is 1.62. The van der Waals surface area contributed by atoms with Crippen LogP contribution in [-0.4, -0.2) is 34.4 Å². The zero-order chi connectivity index (χ0) is 19.7. The molecule has 0 saturated heterocycles. The highest BCUT2D eigenvalue weighted by Crippen LogP contribution is 2.24. The Labute approximate surface area is 166 Å². The Morgan fingerprint density at radius 2 is 2.00 bits per heavy atom. The molecular weight excluding hydrogens is 381 g/mol. The molecule has 3 aromatic rings. The summed E-state index contributed by atoms with van der Waals surface area (Å²) in [6.07, 6.45) is 2.31. The van der Waals surface area contributed by atoms with Crippen LogP contribution in [0.5, 0.6) is 5.75 Å². The van der Waals surface area contributed by atoms with Gasteiger partial charge < -0.3 is 9.64 Å². The zero-order valence-corrected chi connectivity index (χ0v) is 15.9. The van der Waals surface area contributed by atoms with Crippen molar-refractivity contribution in [3.05, 3.63) is 76.3 Å². The number of carbonyl (C=O) groups is 1. The van der Waals surface area contributed by atoms with E-state index in [-0.39, 0.29) is 11.5 Å². The molecule has 0 saturated carbocycles. The Morgan fingerprint density at radius 1 is 1.21 bits per heavy atom. The lowest BCUT2D eigenvalue weighted by Gasteiger charge is -2.28. The minimum atomic E-state index is -0.577. The minimum Gasteiger partial charge on any atom is -0.497 e. The van der Waals surface area contributed by atoms with Gasteiger partial charge in [0.15, 0.2) is 5.82 Å². The van der Waals surface area contributed by atoms with E-state index in [1.54, 1.807) is 18.2 Å². The first-order valence-corrected chi connectivity index (χ1v) is 9.16. The van der Waals surface area contributed by atoms with Gasteiger partial charge in [-0.15, -0.1) is 0 Å². The molecule has 0 aliphatic carbocycles. The molecule has 1 aliphatic heterocycles. The van der Waals surface area contributed by atoms with Crippen molar-refractivity contribution >= 4 is 17.5 Å². The van der Waals surface area contributed by atoms with Gasteiger partial charge in [0.05, 0.1) is 18.4 Å². The van der Waals surface area contributed by atoms with E-state index in [2.05, 4.69) is 9.97 Å². The van der Waals surface area contributed by atoms with Crippen LogP contribution in [0, 0.1) is 5.82 Å². The lowest BCUT2D eigenvalue weighted by molar-refractivity contribution is 0.0728. The Bertz CT molecular complexity index is 1040. The molecule has 2 heterocycles. The van der Waals surface area contributed by atoms with Gasteiger partial charge in [0.2, 0.25) is 0 Å². The van der Waals surface area contributed by atoms with Gasteiger partial charge in [0.1, 0.15) is 11.6 Å². The van der Waals surface area contributed by atoms with E-state index in [9.17, 15) is 9.18 Å². The van der Waals surface area contributed by atoms with Gasteiger partial charge in [-0.1, -0.05) is 11.6 Å². The molecule has 0 radical (unpaired) electrons. The van der Waals surface area contributed by atoms with E-state index < -0.39 is 5.82 Å². The van der Waals surface area contributed by atoms with Crippen molar-refractivity contribution in [1.82, 2.24) is 14.9 Å². The van der Waals surface area contributed by atoms with Crippen molar-refractivity contribution in [1.29, 1.82) is 0 Å². The van der Waals surface area contributed by atoms with Crippen LogP contribution in [0.1, 0.15) is 21.6 Å². The lowest BCUT2D eigenvalue weighted by Crippen LogP contribution is -2.37. The topological polar surface area (TPSA) is 55.3 Å². The summed E-state index contributed by atoms with van der Waals surface area (Å²) >= 11 is 5.91. The monoisotopic (exact) mass is 397 g/mol. The molecule has 5 nitrogen and oxygen atoms in total. The van der Waals surface area contributed by atoms with E-state index >= 15 is 0 Å². The molecule has 0 bridgehead atoms. The van der Waals surface area contributed by atoms with Crippen LogP contribution in [0.15, 0.2) is 48.7 Å². The standard InChI is InChI=1S/C21H17ClFN3O2/c1-28-16-5-2-13(3-6-16)20-24-11-14-12-26(9-8-19(14)25-20)21(27)17-10-15(22)4-7-18(17)23/h2-7,10-11H,8-9,12H2,1H3. The number of carbonyl (C=O) groups excluding carboxylic acids is 1. The van der Waals surface area contributed by atoms with Gasteiger partial charge in [-0.25, -0.2) is 14.4 Å². The molecule has 0 spiro atoms. The molecule has 2 aromatic carbocycles. The summed E-state index contributed by atoms with van der Waals surface area (Å²) in [5.41, 5.74) is 2.63. The molecule has 4 rings (SSSR count). The SMILES string of the molecule is COc1ccc(-c2ncc3c(n2)CCN(C(=O)c2cc(Cl)ccc2F)C3)cc1. The van der Waals surface area contributed by atoms with Crippen LogP contribution in [0.2, 0.25) is 5.02 Å². The van der Waals surface area contributed by atoms with Crippen LogP contribution < -0.4 is 4.74 Å². The van der Waals surface area contributed by atoms with Crippen LogP contribution in [0.25, 0.3) is 11.4 Å². The average Bonchev–Trinajstić information content (AvgIpc) is 2.74. The van der Waals surface area contributed by atoms with E-state index in [1.165, 1.54) is 18.2 Å². The smallest absolute Gasteiger partial charge is 0.257 e. The van der Waals surface area contributed by atoms with E-state index in [4.69, 9.17) is 16.3 Å². The number of rotatable bonds is 3. The molecular formula is C21H17ClFN3O2. The van der Waals surface area contributed by atoms with E-state index in [0.717, 1.165) is 22.6 Å². The summed E-state index contributed by atoms with van der Waals surface area (Å²) in [6, 6.07) is 11.5. The third-order valence-corrected chi connectivity index (χ3v) is 4.96. The van der Waals surface area contributed by atoms with Crippen molar-refractivity contribution in [3.8, 4) is 17.1 Å². The van der Waals surface area contributed by atoms with Gasteiger partial charge in [-0.2, -0.15) is 0 Å². The predicted octanol–water partition coefficient (Wildman–Crippen LogP) is 4.14. The van der Waals surface area contributed by atoms with Crippen molar-refractivity contribution in [2.24, 2.45) is 0 Å². The van der Waals surface area contributed by atoms with Gasteiger partial charge in [-0.3, -0.25) is 4.79 Å². The van der Waals surface area contributed by atoms with Gasteiger partial charge >= 0.3 is 0 Å². The van der Waals surface area contributed by atoms with Crippen LogP contribution in [0.3, 0.4) is 0 Å². The molecule has 142 valence electrons. The third kappa shape index (κ3) is 3.55. The highest BCUT2D eigenvalue weighted by atomic mass is 35.5. The highest BCUT2D eigenvalue weighted by molar-refractivity contribution is 6.31. The summed E-state index contributed by atoms with van der Waals surface area (Å²) in [5.74, 6) is 0.433. The Balaban J connectivity index is 1.56. The second-order valence-electron chi connectivity index (χ2n) is 6.49. The Hall–Kier alpha value is -2.99. The van der Waals surface area contributed by atoms with Gasteiger partial charge in [0.25, 0.3) is 5.91 Å². The summed E-state index contributed by atoms with van der Waals surface area (Å²) < 4.78 is 19.2. The van der Waals surface area contributed by atoms with Gasteiger partial charge in [0, 0.05) is 41.9 Å². The lowest BCUT2D eigenvalue weighted by atomic mass is 10.0. The molecule has 0 N–H and O–H groups in total. The molecule has 0 fully saturated rings. The quantitative estimate of drug-likeness (QED) is 0.666. The average molecular weight is 398 g/mol. The highest BCUT2D eigenvalue weighted by Gasteiger charge is 2.25. The number of methoxy groups -OCH3 is 1. The van der Waals surface area contributed by atoms with Crippen molar-refractivity contribution in [2.75, 3.05) is 13.7 Å². The number of ether oxygens (including phenoxy) is 1. The van der Waals surface area contributed by atoms with E-state index in [0.29, 0.717) is 30.4 Å². The molecule has 1 amide bonds. The first-order valence-electron chi connectivity index (χ1n) is 8.78. The number of nitrogens with zero attached hydrogens (tertiary/aromatic N) is 3. The van der Waals surface area contributed by atoms with E-state index in [1.807, 2.05) is 24.3 Å². The minimum absolute atomic E-state index is 0.0216. The van der Waals surface area contributed by atoms with Gasteiger partial charge in [-0.05, 0) is 42.5 Å². The maximum atomic E-state index is 14.0. The summed E-state index contributed by atoms with van der Waals surface area (Å²) in [4.78, 5) is 23.4. The number of fused-ring (bicyclic) bond motifs is 1. The van der Waals surface area contributed by atoms with Crippen LogP contribution in [0.4, 0.5) is 4.39 Å². The molecule has 1 aromatic heterocycles. The molecule has 0 atom stereocenters. The third-order valence-electron chi connectivity index (χ3n) is 4.73. The van der Waals surface area contributed by atoms with Crippen LogP contribution in [-0.2, 0) is 13.0 Å².